The van der Waals surface area contributed by atoms with Crippen molar-refractivity contribution in [2.45, 2.75) is 259 Å². The van der Waals surface area contributed by atoms with E-state index in [4.69, 9.17) is 174 Å². The van der Waals surface area contributed by atoms with Crippen molar-refractivity contribution in [3.05, 3.63) is 0 Å². The smallest absolute Gasteiger partial charge is 0.306 e. The monoisotopic (exact) mass is 1510 g/mol. The Hall–Kier alpha value is 3.21. The molecule has 0 spiro atoms. The predicted octanol–water partition coefficient (Wildman–Crippen LogP) is 24.3. The van der Waals surface area contributed by atoms with E-state index in [2.05, 4.69) is 83.1 Å². The van der Waals surface area contributed by atoms with Crippen molar-refractivity contribution in [3.8, 4) is 0 Å². The summed E-state index contributed by atoms with van der Waals surface area (Å²) in [5.74, 6) is 4.15. The highest BCUT2D eigenvalue weighted by Crippen LogP contribution is 2.80. The molecule has 0 aliphatic heterocycles. The van der Waals surface area contributed by atoms with E-state index >= 15 is 0 Å². The second-order valence-electron chi connectivity index (χ2n) is 31.3. The van der Waals surface area contributed by atoms with Crippen LogP contribution in [0.25, 0.3) is 0 Å². The van der Waals surface area contributed by atoms with E-state index in [1.807, 2.05) is 13.8 Å². The average molecular weight is 1510 g/mol. The van der Waals surface area contributed by atoms with Crippen molar-refractivity contribution < 1.29 is 30.0 Å². The van der Waals surface area contributed by atoms with E-state index in [0.29, 0.717) is 90.7 Å². The third-order valence-corrected chi connectivity index (χ3v) is 27.8. The summed E-state index contributed by atoms with van der Waals surface area (Å²) in [6, 6.07) is 0. The lowest BCUT2D eigenvalue weighted by Gasteiger charge is -2.73. The second-order valence-corrected chi connectivity index (χ2v) is 41.2. The van der Waals surface area contributed by atoms with Gasteiger partial charge >= 0.3 is 11.9 Å². The number of carbonyl (C=O) groups is 2. The highest BCUT2D eigenvalue weighted by Gasteiger charge is 2.73. The Bertz CT molecular complexity index is 2030. The Morgan fingerprint density at radius 1 is 0.337 bits per heavy atom. The molecule has 0 bridgehead atoms. The average Bonchev–Trinajstić information content (AvgIpc) is 0.976. The van der Waals surface area contributed by atoms with Crippen LogP contribution in [-0.4, -0.2) is 66.0 Å². The highest BCUT2D eigenvalue weighted by atomic mass is 35.6. The van der Waals surface area contributed by atoms with Gasteiger partial charge in [0.15, 0.2) is 21.5 Å². The van der Waals surface area contributed by atoms with Crippen molar-refractivity contribution >= 4 is 186 Å². The van der Waals surface area contributed by atoms with Gasteiger partial charge in [-0.15, -0.1) is 0 Å². The number of halogens is 15. The molecule has 0 saturated heterocycles. The molecule has 0 radical (unpaired) electrons. The van der Waals surface area contributed by atoms with Crippen molar-refractivity contribution in [2.24, 2.45) is 125 Å². The molecule has 22 atom stereocenters. The fourth-order valence-corrected chi connectivity index (χ4v) is 23.5. The summed E-state index contributed by atoms with van der Waals surface area (Å²) >= 11 is 72.1. The number of carboxylic acid groups (broad SMARTS) is 2. The van der Waals surface area contributed by atoms with Crippen molar-refractivity contribution in [3.63, 3.8) is 0 Å². The fraction of sp³-hybridized carbons (Fsp3) is 0.969. The first-order chi connectivity index (χ1) is 39.1. The number of carboxylic acids is 2. The number of aliphatic hydroxyl groups is 2. The predicted molar refractivity (Wildman–Crippen MR) is 372 cm³/mol. The summed E-state index contributed by atoms with van der Waals surface area (Å²) in [7, 11) is 0. The Labute approximate surface area is 594 Å². The minimum absolute atomic E-state index is 0.00465. The van der Waals surface area contributed by atoms with Gasteiger partial charge in [-0.3, -0.25) is 9.59 Å². The van der Waals surface area contributed by atoms with Crippen molar-refractivity contribution in [1.82, 2.24) is 0 Å². The molecule has 0 unspecified atom stereocenters. The zero-order chi connectivity index (χ0) is 66.3. The van der Waals surface area contributed by atoms with Gasteiger partial charge in [0, 0.05) is 0 Å². The van der Waals surface area contributed by atoms with Crippen LogP contribution in [0.4, 0.5) is 0 Å². The van der Waals surface area contributed by atoms with Crippen LogP contribution >= 0.6 is 174 Å². The molecule has 0 aromatic heterocycles. The largest absolute Gasteiger partial charge is 0.481 e. The van der Waals surface area contributed by atoms with E-state index in [-0.39, 0.29) is 34.9 Å². The van der Waals surface area contributed by atoms with E-state index < -0.39 is 33.4 Å². The number of aliphatic hydroxyl groups excluding tert-OH is 2. The summed E-state index contributed by atoms with van der Waals surface area (Å²) in [6.07, 6.45) is 24.0. The zero-order valence-corrected chi connectivity index (χ0v) is 64.7. The maximum absolute atomic E-state index is 12.1. The van der Waals surface area contributed by atoms with Crippen LogP contribution in [0.15, 0.2) is 0 Å². The topological polar surface area (TPSA) is 115 Å². The lowest BCUT2D eigenvalue weighted by molar-refractivity contribution is -0.248. The molecular weight excluding hydrogens is 1410 g/mol. The first-order valence-electron chi connectivity index (χ1n) is 31.5. The SMILES string of the molecule is C[C@H](C(=O)O)[C@@H]1CC[C@]2(C)CC[C@]3(C)[C@H](CC[C@@H]4[C@@]5(C)CC[C@@H](O)C(C)(C)[C@@H]5CC[C@]43C)[C@@H]12.C[C@H](C(=O)O)[C@@H]1CC[C@]2(C)CC[C@]3(C)[C@H](CC[C@@H]4[C@@]5(C)CC[C@@H](O)C(C)(C)[C@@H]5CC[C@]43C)[C@@H]12.ClC(Cl)Cl.ClC(Cl)Cl.ClC(Cl)Cl.ClC(Cl)Cl.ClC(Cl)Cl. The van der Waals surface area contributed by atoms with Crippen LogP contribution in [0.5, 0.6) is 0 Å². The molecule has 506 valence electrons. The summed E-state index contributed by atoms with van der Waals surface area (Å²) in [5, 5.41) is 41.7. The molecule has 10 fully saturated rings. The molecule has 4 N–H and O–H groups in total. The van der Waals surface area contributed by atoms with Gasteiger partial charge in [0.1, 0.15) is 0 Å². The third kappa shape index (κ3) is 16.7. The van der Waals surface area contributed by atoms with Crippen molar-refractivity contribution in [1.29, 1.82) is 0 Å². The van der Waals surface area contributed by atoms with Crippen LogP contribution in [0.3, 0.4) is 0 Å². The zero-order valence-electron chi connectivity index (χ0n) is 53.4. The van der Waals surface area contributed by atoms with Gasteiger partial charge in [-0.1, -0.05) is 271 Å². The van der Waals surface area contributed by atoms with Crippen LogP contribution in [0, 0.1) is 125 Å². The van der Waals surface area contributed by atoms with E-state index in [1.165, 1.54) is 103 Å². The maximum Gasteiger partial charge on any atom is 0.306 e. The van der Waals surface area contributed by atoms with Gasteiger partial charge in [0.25, 0.3) is 0 Å². The van der Waals surface area contributed by atoms with Gasteiger partial charge in [-0.2, -0.15) is 0 Å². The maximum atomic E-state index is 12.1. The number of alkyl halides is 15. The molecular formula is C65H105Cl15O6. The molecule has 21 heteroatoms. The summed E-state index contributed by atoms with van der Waals surface area (Å²) in [4.78, 5) is 24.1. The minimum atomic E-state index is -0.750. The Kier molecular flexibility index (Phi) is 29.8. The standard InChI is InChI=1S/2C30H50O3.5CHCl3/c2*1-18(25(32)33)19-10-13-27(4)16-17-29(6)20(24(19)27)8-9-22-28(5)14-12-23(31)26(2,3)21(28)11-15-30(22,29)7;5*2-1(3)4/h2*18-24,31H,8-17H2,1-7H3,(H,32,33);5*1H/t2*18-,19-,20+,21-,22+,23+,24+,27+,28-,29+,30+;;;;;/m00...../s1. The lowest BCUT2D eigenvalue weighted by atomic mass is 9.32. The number of fused-ring (bicyclic) bond motifs is 14. The summed E-state index contributed by atoms with van der Waals surface area (Å²) < 4.78 is -3.75. The van der Waals surface area contributed by atoms with Crippen molar-refractivity contribution in [2.75, 3.05) is 0 Å². The molecule has 0 heterocycles. The first kappa shape index (κ1) is 81.6. The van der Waals surface area contributed by atoms with Gasteiger partial charge in [0.2, 0.25) is 0 Å². The van der Waals surface area contributed by atoms with Crippen LogP contribution in [0.2, 0.25) is 0 Å². The van der Waals surface area contributed by atoms with Gasteiger partial charge < -0.3 is 20.4 Å². The highest BCUT2D eigenvalue weighted by molar-refractivity contribution is 6.64. The number of hydrogen-bond donors (Lipinski definition) is 4. The molecule has 10 aliphatic carbocycles. The third-order valence-electron chi connectivity index (χ3n) is 27.8. The molecule has 0 aromatic rings. The van der Waals surface area contributed by atoms with E-state index in [0.717, 1.165) is 37.5 Å². The van der Waals surface area contributed by atoms with Gasteiger partial charge in [-0.05, 0) is 242 Å². The fourth-order valence-electron chi connectivity index (χ4n) is 23.5. The molecule has 10 saturated carbocycles. The summed E-state index contributed by atoms with van der Waals surface area (Å²) in [5.41, 5.74) is 2.54. The quantitative estimate of drug-likeness (QED) is 0.209. The minimum Gasteiger partial charge on any atom is -0.481 e. The number of rotatable bonds is 4. The van der Waals surface area contributed by atoms with Crippen LogP contribution < -0.4 is 0 Å². The van der Waals surface area contributed by atoms with Gasteiger partial charge in [-0.25, -0.2) is 0 Å². The Morgan fingerprint density at radius 3 is 0.860 bits per heavy atom. The molecule has 10 rings (SSSR count). The molecule has 86 heavy (non-hydrogen) atoms. The Morgan fingerprint density at radius 2 is 0.605 bits per heavy atom. The van der Waals surface area contributed by atoms with E-state index in [9.17, 15) is 30.0 Å². The van der Waals surface area contributed by atoms with Crippen LogP contribution in [-0.2, 0) is 9.59 Å². The normalized spacial score (nSPS) is 45.2. The lowest BCUT2D eigenvalue weighted by Crippen LogP contribution is -2.66. The van der Waals surface area contributed by atoms with E-state index in [1.54, 1.807) is 0 Å². The molecule has 0 aromatic carbocycles. The second kappa shape index (κ2) is 31.4. The first-order valence-corrected chi connectivity index (χ1v) is 38.1. The van der Waals surface area contributed by atoms with Crippen LogP contribution in [0.1, 0.15) is 225 Å². The molecule has 0 amide bonds. The molecule has 10 aliphatic rings. The van der Waals surface area contributed by atoms with Gasteiger partial charge in [0.05, 0.1) is 24.0 Å². The molecule has 6 nitrogen and oxygen atoms in total. The Balaban J connectivity index is 0.000000281. The number of hydrogen-bond acceptors (Lipinski definition) is 4. The number of aliphatic carboxylic acids is 2. The summed E-state index contributed by atoms with van der Waals surface area (Å²) in [6.45, 7) is 34.1.